The molecule has 4 heteroatoms. The Bertz CT molecular complexity index is 764. The second-order valence-electron chi connectivity index (χ2n) is 5.51. The highest BCUT2D eigenvalue weighted by atomic mass is 32.1. The lowest BCUT2D eigenvalue weighted by molar-refractivity contribution is -0.145. The van der Waals surface area contributed by atoms with Crippen molar-refractivity contribution in [3.63, 3.8) is 0 Å². The Labute approximate surface area is 145 Å². The SMILES string of the molecule is O=C(O)C(CCc1ccccc1)Oc1ccc(-c2ccsc2)cc1. The Kier molecular flexibility index (Phi) is 5.29. The van der Waals surface area contributed by atoms with E-state index in [-0.39, 0.29) is 0 Å². The first-order chi connectivity index (χ1) is 11.7. The molecule has 0 radical (unpaired) electrons. The maximum Gasteiger partial charge on any atom is 0.344 e. The Morgan fingerprint density at radius 1 is 1.00 bits per heavy atom. The van der Waals surface area contributed by atoms with Gasteiger partial charge < -0.3 is 9.84 Å². The molecular formula is C20H18O3S. The van der Waals surface area contributed by atoms with Crippen molar-refractivity contribution in [3.05, 3.63) is 77.0 Å². The first-order valence-electron chi connectivity index (χ1n) is 7.78. The third-order valence-corrected chi connectivity index (χ3v) is 4.48. The summed E-state index contributed by atoms with van der Waals surface area (Å²) in [5.41, 5.74) is 3.37. The van der Waals surface area contributed by atoms with E-state index in [2.05, 4.69) is 11.4 Å². The molecule has 0 fully saturated rings. The van der Waals surface area contributed by atoms with Crippen LogP contribution in [0.3, 0.4) is 0 Å². The third kappa shape index (κ3) is 4.24. The van der Waals surface area contributed by atoms with Crippen LogP contribution in [0.25, 0.3) is 11.1 Å². The van der Waals surface area contributed by atoms with E-state index in [0.717, 1.165) is 16.7 Å². The number of aliphatic carboxylic acids is 1. The molecule has 0 aliphatic heterocycles. The summed E-state index contributed by atoms with van der Waals surface area (Å²) in [4.78, 5) is 11.5. The van der Waals surface area contributed by atoms with Crippen molar-refractivity contribution < 1.29 is 14.6 Å². The summed E-state index contributed by atoms with van der Waals surface area (Å²) >= 11 is 1.65. The number of hydrogen-bond donors (Lipinski definition) is 1. The monoisotopic (exact) mass is 338 g/mol. The standard InChI is InChI=1S/C20H18O3S/c21-20(22)19(11-6-15-4-2-1-3-5-15)23-18-9-7-16(8-10-18)17-12-13-24-14-17/h1-5,7-10,12-14,19H,6,11H2,(H,21,22). The van der Waals surface area contributed by atoms with Crippen molar-refractivity contribution in [2.24, 2.45) is 0 Å². The fourth-order valence-corrected chi connectivity index (χ4v) is 3.16. The lowest BCUT2D eigenvalue weighted by atomic mass is 10.1. The number of ether oxygens (including phenoxy) is 1. The molecule has 1 unspecified atom stereocenters. The predicted octanol–water partition coefficient (Wildman–Crippen LogP) is 4.88. The minimum absolute atomic E-state index is 0.436. The van der Waals surface area contributed by atoms with E-state index in [1.165, 1.54) is 0 Å². The van der Waals surface area contributed by atoms with Gasteiger partial charge in [-0.3, -0.25) is 0 Å². The van der Waals surface area contributed by atoms with Gasteiger partial charge in [0.25, 0.3) is 0 Å². The van der Waals surface area contributed by atoms with Crippen LogP contribution in [0.4, 0.5) is 0 Å². The number of carboxylic acids is 1. The summed E-state index contributed by atoms with van der Waals surface area (Å²) in [5, 5.41) is 13.5. The van der Waals surface area contributed by atoms with Crippen molar-refractivity contribution in [2.75, 3.05) is 0 Å². The van der Waals surface area contributed by atoms with Crippen LogP contribution in [-0.2, 0) is 11.2 Å². The van der Waals surface area contributed by atoms with Crippen LogP contribution in [0.5, 0.6) is 5.75 Å². The van der Waals surface area contributed by atoms with E-state index in [4.69, 9.17) is 4.74 Å². The molecule has 24 heavy (non-hydrogen) atoms. The van der Waals surface area contributed by atoms with E-state index in [1.54, 1.807) is 11.3 Å². The molecule has 0 spiro atoms. The van der Waals surface area contributed by atoms with Crippen LogP contribution in [0.2, 0.25) is 0 Å². The van der Waals surface area contributed by atoms with Crippen molar-refractivity contribution in [1.29, 1.82) is 0 Å². The second kappa shape index (κ2) is 7.79. The number of rotatable bonds is 7. The molecule has 0 saturated carbocycles. The van der Waals surface area contributed by atoms with Crippen LogP contribution in [0, 0.1) is 0 Å². The van der Waals surface area contributed by atoms with Crippen LogP contribution in [-0.4, -0.2) is 17.2 Å². The molecule has 0 amide bonds. The fraction of sp³-hybridized carbons (Fsp3) is 0.150. The maximum atomic E-state index is 11.5. The minimum Gasteiger partial charge on any atom is -0.479 e. The van der Waals surface area contributed by atoms with E-state index < -0.39 is 12.1 Å². The van der Waals surface area contributed by atoms with Gasteiger partial charge in [0.15, 0.2) is 6.10 Å². The first kappa shape index (κ1) is 16.3. The summed E-state index contributed by atoms with van der Waals surface area (Å²) in [6.07, 6.45) is 0.258. The lowest BCUT2D eigenvalue weighted by Crippen LogP contribution is -2.27. The van der Waals surface area contributed by atoms with E-state index >= 15 is 0 Å². The van der Waals surface area contributed by atoms with E-state index in [0.29, 0.717) is 18.6 Å². The minimum atomic E-state index is -0.937. The Balaban J connectivity index is 1.64. The smallest absolute Gasteiger partial charge is 0.344 e. The number of carboxylic acid groups (broad SMARTS) is 1. The second-order valence-corrected chi connectivity index (χ2v) is 6.29. The van der Waals surface area contributed by atoms with E-state index in [1.807, 2.05) is 60.0 Å². The molecule has 0 aliphatic rings. The molecule has 0 saturated heterocycles. The molecule has 3 rings (SSSR count). The van der Waals surface area contributed by atoms with Gasteiger partial charge in [-0.2, -0.15) is 11.3 Å². The van der Waals surface area contributed by atoms with Gasteiger partial charge in [0.2, 0.25) is 0 Å². The van der Waals surface area contributed by atoms with Crippen molar-refractivity contribution in [3.8, 4) is 16.9 Å². The van der Waals surface area contributed by atoms with Gasteiger partial charge in [0, 0.05) is 0 Å². The number of thiophene rings is 1. The molecule has 0 bridgehead atoms. The van der Waals surface area contributed by atoms with E-state index in [9.17, 15) is 9.90 Å². The molecule has 1 N–H and O–H groups in total. The number of carbonyl (C=O) groups is 1. The van der Waals surface area contributed by atoms with Gasteiger partial charge in [-0.1, -0.05) is 42.5 Å². The number of hydrogen-bond acceptors (Lipinski definition) is 3. The first-order valence-corrected chi connectivity index (χ1v) is 8.72. The highest BCUT2D eigenvalue weighted by Gasteiger charge is 2.19. The van der Waals surface area contributed by atoms with Gasteiger partial charge in [-0.25, -0.2) is 4.79 Å². The van der Waals surface area contributed by atoms with Gasteiger partial charge in [0.05, 0.1) is 0 Å². The van der Waals surface area contributed by atoms with Gasteiger partial charge in [-0.05, 0) is 58.5 Å². The zero-order chi connectivity index (χ0) is 16.8. The molecule has 3 nitrogen and oxygen atoms in total. The summed E-state index contributed by atoms with van der Waals surface area (Å²) in [6.45, 7) is 0. The number of aryl methyl sites for hydroxylation is 1. The average Bonchev–Trinajstić information content (AvgIpc) is 3.14. The summed E-state index contributed by atoms with van der Waals surface area (Å²) in [6, 6.07) is 19.5. The quantitative estimate of drug-likeness (QED) is 0.668. The zero-order valence-electron chi connectivity index (χ0n) is 13.1. The summed E-state index contributed by atoms with van der Waals surface area (Å²) < 4.78 is 5.67. The van der Waals surface area contributed by atoms with Gasteiger partial charge >= 0.3 is 5.97 Å². The lowest BCUT2D eigenvalue weighted by Gasteiger charge is -2.15. The molecule has 0 aliphatic carbocycles. The van der Waals surface area contributed by atoms with Crippen molar-refractivity contribution >= 4 is 17.3 Å². The topological polar surface area (TPSA) is 46.5 Å². The normalized spacial score (nSPS) is 11.8. The Morgan fingerprint density at radius 2 is 1.75 bits per heavy atom. The molecule has 1 aromatic heterocycles. The van der Waals surface area contributed by atoms with Crippen LogP contribution < -0.4 is 4.74 Å². The van der Waals surface area contributed by atoms with Gasteiger partial charge in [0.1, 0.15) is 5.75 Å². The van der Waals surface area contributed by atoms with Crippen LogP contribution >= 0.6 is 11.3 Å². The molecule has 2 aromatic carbocycles. The highest BCUT2D eigenvalue weighted by molar-refractivity contribution is 7.08. The fourth-order valence-electron chi connectivity index (χ4n) is 2.49. The van der Waals surface area contributed by atoms with Crippen molar-refractivity contribution in [2.45, 2.75) is 18.9 Å². The molecule has 3 aromatic rings. The molecule has 1 atom stereocenters. The largest absolute Gasteiger partial charge is 0.479 e. The Hall–Kier alpha value is -2.59. The summed E-state index contributed by atoms with van der Waals surface area (Å²) in [7, 11) is 0. The maximum absolute atomic E-state index is 11.5. The van der Waals surface area contributed by atoms with Crippen LogP contribution in [0.1, 0.15) is 12.0 Å². The Morgan fingerprint density at radius 3 is 2.38 bits per heavy atom. The molecule has 1 heterocycles. The van der Waals surface area contributed by atoms with Crippen LogP contribution in [0.15, 0.2) is 71.4 Å². The molecule has 122 valence electrons. The summed E-state index contributed by atoms with van der Waals surface area (Å²) in [5.74, 6) is -0.359. The third-order valence-electron chi connectivity index (χ3n) is 3.80. The van der Waals surface area contributed by atoms with Crippen molar-refractivity contribution in [1.82, 2.24) is 0 Å². The predicted molar refractivity (Wildman–Crippen MR) is 96.6 cm³/mol. The zero-order valence-corrected chi connectivity index (χ0v) is 13.9. The van der Waals surface area contributed by atoms with Gasteiger partial charge in [-0.15, -0.1) is 0 Å². The number of benzene rings is 2. The molecular weight excluding hydrogens is 320 g/mol. The highest BCUT2D eigenvalue weighted by Crippen LogP contribution is 2.25. The average molecular weight is 338 g/mol.